The van der Waals surface area contributed by atoms with E-state index < -0.39 is 0 Å². The van der Waals surface area contributed by atoms with Gasteiger partial charge in [0.15, 0.2) is 0 Å². The molecule has 0 aliphatic rings. The van der Waals surface area contributed by atoms with Gasteiger partial charge in [0.1, 0.15) is 0 Å². The fourth-order valence-corrected chi connectivity index (χ4v) is 2.61. The standard InChI is InChI=1S/C19H23ClN2O/c1-15(11-12-16-7-4-3-5-8-16)21-19(23)22(2)14-17-9-6-10-18(20)13-17/h3-10,13,15H,11-12,14H2,1-2H3,(H,21,23). The first-order valence-electron chi connectivity index (χ1n) is 7.84. The maximum atomic E-state index is 12.2. The summed E-state index contributed by atoms with van der Waals surface area (Å²) in [7, 11) is 1.79. The van der Waals surface area contributed by atoms with Gasteiger partial charge >= 0.3 is 6.03 Å². The van der Waals surface area contributed by atoms with Crippen LogP contribution in [0.2, 0.25) is 5.02 Å². The van der Waals surface area contributed by atoms with Crippen LogP contribution in [0, 0.1) is 0 Å². The fraction of sp³-hybridized carbons (Fsp3) is 0.316. The molecule has 4 heteroatoms. The second-order valence-corrected chi connectivity index (χ2v) is 6.30. The van der Waals surface area contributed by atoms with Crippen molar-refractivity contribution in [3.63, 3.8) is 0 Å². The second-order valence-electron chi connectivity index (χ2n) is 5.86. The van der Waals surface area contributed by atoms with Gasteiger partial charge in [-0.15, -0.1) is 0 Å². The molecule has 1 N–H and O–H groups in total. The highest BCUT2D eigenvalue weighted by atomic mass is 35.5. The molecular weight excluding hydrogens is 308 g/mol. The number of nitrogens with one attached hydrogen (secondary N) is 1. The molecule has 2 amide bonds. The number of nitrogens with zero attached hydrogens (tertiary/aromatic N) is 1. The Morgan fingerprint density at radius 3 is 2.52 bits per heavy atom. The SMILES string of the molecule is CC(CCc1ccccc1)NC(=O)N(C)Cc1cccc(Cl)c1. The topological polar surface area (TPSA) is 32.3 Å². The van der Waals surface area contributed by atoms with Crippen LogP contribution in [0.15, 0.2) is 54.6 Å². The van der Waals surface area contributed by atoms with E-state index in [-0.39, 0.29) is 12.1 Å². The summed E-state index contributed by atoms with van der Waals surface area (Å²) in [4.78, 5) is 13.9. The van der Waals surface area contributed by atoms with Crippen LogP contribution in [-0.4, -0.2) is 24.0 Å². The van der Waals surface area contributed by atoms with Gasteiger partial charge in [-0.25, -0.2) is 4.79 Å². The minimum atomic E-state index is -0.0643. The fourth-order valence-electron chi connectivity index (χ4n) is 2.40. The highest BCUT2D eigenvalue weighted by Crippen LogP contribution is 2.12. The highest BCUT2D eigenvalue weighted by Gasteiger charge is 2.12. The third kappa shape index (κ3) is 5.95. The molecule has 0 aliphatic heterocycles. The number of aryl methyl sites for hydroxylation is 1. The van der Waals surface area contributed by atoms with Crippen molar-refractivity contribution in [1.29, 1.82) is 0 Å². The molecule has 0 bridgehead atoms. The molecule has 1 unspecified atom stereocenters. The predicted octanol–water partition coefficient (Wildman–Crippen LogP) is 4.50. The van der Waals surface area contributed by atoms with Gasteiger partial charge in [-0.1, -0.05) is 54.1 Å². The molecule has 0 heterocycles. The van der Waals surface area contributed by atoms with Gasteiger partial charge in [-0.2, -0.15) is 0 Å². The molecule has 1 atom stereocenters. The average Bonchev–Trinajstić information content (AvgIpc) is 2.54. The van der Waals surface area contributed by atoms with Crippen molar-refractivity contribution in [1.82, 2.24) is 10.2 Å². The van der Waals surface area contributed by atoms with Gasteiger partial charge in [-0.05, 0) is 43.0 Å². The Balaban J connectivity index is 1.78. The number of carbonyl (C=O) groups is 1. The molecule has 0 spiro atoms. The molecule has 0 saturated heterocycles. The molecule has 23 heavy (non-hydrogen) atoms. The molecule has 0 fully saturated rings. The Hall–Kier alpha value is -2.00. The van der Waals surface area contributed by atoms with E-state index in [9.17, 15) is 4.79 Å². The molecule has 2 aromatic carbocycles. The number of amides is 2. The van der Waals surface area contributed by atoms with E-state index >= 15 is 0 Å². The van der Waals surface area contributed by atoms with Crippen molar-refractivity contribution >= 4 is 17.6 Å². The molecule has 2 aromatic rings. The number of benzene rings is 2. The number of halogens is 1. The number of carbonyl (C=O) groups excluding carboxylic acids is 1. The quantitative estimate of drug-likeness (QED) is 0.830. The van der Waals surface area contributed by atoms with Crippen LogP contribution in [0.5, 0.6) is 0 Å². The number of hydrogen-bond donors (Lipinski definition) is 1. The largest absolute Gasteiger partial charge is 0.336 e. The summed E-state index contributed by atoms with van der Waals surface area (Å²) in [6, 6.07) is 17.9. The first-order chi connectivity index (χ1) is 11.0. The van der Waals surface area contributed by atoms with Gasteiger partial charge in [0.2, 0.25) is 0 Å². The maximum absolute atomic E-state index is 12.2. The number of hydrogen-bond acceptors (Lipinski definition) is 1. The van der Waals surface area contributed by atoms with E-state index in [0.29, 0.717) is 11.6 Å². The zero-order valence-corrected chi connectivity index (χ0v) is 14.4. The zero-order chi connectivity index (χ0) is 16.7. The Bertz CT molecular complexity index is 630. The van der Waals surface area contributed by atoms with E-state index in [1.807, 2.05) is 49.4 Å². The van der Waals surface area contributed by atoms with Crippen molar-refractivity contribution in [3.8, 4) is 0 Å². The Morgan fingerprint density at radius 2 is 1.83 bits per heavy atom. The summed E-state index contributed by atoms with van der Waals surface area (Å²) in [5.41, 5.74) is 2.31. The van der Waals surface area contributed by atoms with Crippen molar-refractivity contribution in [2.24, 2.45) is 0 Å². The van der Waals surface area contributed by atoms with Crippen molar-refractivity contribution in [3.05, 3.63) is 70.7 Å². The summed E-state index contributed by atoms with van der Waals surface area (Å²) in [5, 5.41) is 3.73. The van der Waals surface area contributed by atoms with Crippen LogP contribution in [0.3, 0.4) is 0 Å². The van der Waals surface area contributed by atoms with Gasteiger partial charge in [0, 0.05) is 24.7 Å². The Kier molecular flexibility index (Phi) is 6.48. The molecule has 0 aliphatic carbocycles. The molecule has 3 nitrogen and oxygen atoms in total. The third-order valence-corrected chi connectivity index (χ3v) is 3.97. The first kappa shape index (κ1) is 17.4. The molecular formula is C19H23ClN2O. The Labute approximate surface area is 143 Å². The summed E-state index contributed by atoms with van der Waals surface area (Å²) in [6.07, 6.45) is 1.88. The minimum absolute atomic E-state index is 0.0643. The molecule has 0 radical (unpaired) electrons. The molecule has 0 saturated carbocycles. The molecule has 0 aromatic heterocycles. The van der Waals surface area contributed by atoms with Crippen LogP contribution >= 0.6 is 11.6 Å². The zero-order valence-electron chi connectivity index (χ0n) is 13.6. The minimum Gasteiger partial charge on any atom is -0.336 e. The van der Waals surface area contributed by atoms with Gasteiger partial charge < -0.3 is 10.2 Å². The smallest absolute Gasteiger partial charge is 0.317 e. The lowest BCUT2D eigenvalue weighted by Crippen LogP contribution is -2.41. The van der Waals surface area contributed by atoms with E-state index in [2.05, 4.69) is 17.4 Å². The van der Waals surface area contributed by atoms with Crippen LogP contribution in [0.4, 0.5) is 4.79 Å². The summed E-state index contributed by atoms with van der Waals surface area (Å²) in [5.74, 6) is 0. The van der Waals surface area contributed by atoms with E-state index in [1.165, 1.54) is 5.56 Å². The summed E-state index contributed by atoms with van der Waals surface area (Å²) >= 11 is 5.97. The van der Waals surface area contributed by atoms with Crippen molar-refractivity contribution in [2.75, 3.05) is 7.05 Å². The van der Waals surface area contributed by atoms with Crippen LogP contribution in [0.25, 0.3) is 0 Å². The normalized spacial score (nSPS) is 11.8. The highest BCUT2D eigenvalue weighted by molar-refractivity contribution is 6.30. The van der Waals surface area contributed by atoms with Crippen LogP contribution < -0.4 is 5.32 Å². The second kappa shape index (κ2) is 8.59. The van der Waals surface area contributed by atoms with E-state index in [1.54, 1.807) is 11.9 Å². The lowest BCUT2D eigenvalue weighted by molar-refractivity contribution is 0.203. The van der Waals surface area contributed by atoms with E-state index in [0.717, 1.165) is 18.4 Å². The average molecular weight is 331 g/mol. The predicted molar refractivity (Wildman–Crippen MR) is 95.7 cm³/mol. The maximum Gasteiger partial charge on any atom is 0.317 e. The van der Waals surface area contributed by atoms with Gasteiger partial charge in [-0.3, -0.25) is 0 Å². The number of urea groups is 1. The lowest BCUT2D eigenvalue weighted by Gasteiger charge is -2.21. The molecule has 122 valence electrons. The van der Waals surface area contributed by atoms with Gasteiger partial charge in [0.25, 0.3) is 0 Å². The van der Waals surface area contributed by atoms with Crippen molar-refractivity contribution < 1.29 is 4.79 Å². The van der Waals surface area contributed by atoms with Crippen LogP contribution in [-0.2, 0) is 13.0 Å². The number of rotatable bonds is 6. The summed E-state index contributed by atoms with van der Waals surface area (Å²) in [6.45, 7) is 2.58. The third-order valence-electron chi connectivity index (χ3n) is 3.73. The van der Waals surface area contributed by atoms with Crippen molar-refractivity contribution in [2.45, 2.75) is 32.4 Å². The first-order valence-corrected chi connectivity index (χ1v) is 8.22. The lowest BCUT2D eigenvalue weighted by atomic mass is 10.1. The van der Waals surface area contributed by atoms with Gasteiger partial charge in [0.05, 0.1) is 0 Å². The Morgan fingerprint density at radius 1 is 1.13 bits per heavy atom. The monoisotopic (exact) mass is 330 g/mol. The van der Waals surface area contributed by atoms with E-state index in [4.69, 9.17) is 11.6 Å². The molecule has 2 rings (SSSR count). The van der Waals surface area contributed by atoms with Crippen LogP contribution in [0.1, 0.15) is 24.5 Å². The summed E-state index contributed by atoms with van der Waals surface area (Å²) < 4.78 is 0.